The molecule has 1 amide bonds. The first-order valence-corrected chi connectivity index (χ1v) is 10.2. The van der Waals surface area contributed by atoms with Gasteiger partial charge in [0.15, 0.2) is 11.6 Å². The number of benzene rings is 1. The number of hydrogen-bond donors (Lipinski definition) is 2. The molecule has 3 aromatic rings. The van der Waals surface area contributed by atoms with Gasteiger partial charge >= 0.3 is 0 Å². The van der Waals surface area contributed by atoms with Gasteiger partial charge in [-0.05, 0) is 42.0 Å². The number of nitrogens with one attached hydrogen (secondary N) is 2. The molecule has 10 nitrogen and oxygen atoms in total. The number of ether oxygens (including phenoxy) is 2. The second kappa shape index (κ2) is 9.79. The van der Waals surface area contributed by atoms with Crippen LogP contribution >= 0.6 is 0 Å². The third kappa shape index (κ3) is 5.24. The van der Waals surface area contributed by atoms with Gasteiger partial charge in [-0.2, -0.15) is 4.80 Å². The van der Waals surface area contributed by atoms with Crippen molar-refractivity contribution in [3.8, 4) is 17.1 Å². The lowest BCUT2D eigenvalue weighted by Gasteiger charge is -2.22. The fourth-order valence-electron chi connectivity index (χ4n) is 3.36. The maximum absolute atomic E-state index is 13.6. The van der Waals surface area contributed by atoms with E-state index in [0.717, 1.165) is 13.1 Å². The van der Waals surface area contributed by atoms with Crippen LogP contribution in [0.5, 0.6) is 5.75 Å². The van der Waals surface area contributed by atoms with E-state index in [4.69, 9.17) is 9.47 Å². The second-order valence-corrected chi connectivity index (χ2v) is 7.40. The average molecular weight is 441 g/mol. The summed E-state index contributed by atoms with van der Waals surface area (Å²) in [6, 6.07) is 7.83. The van der Waals surface area contributed by atoms with Crippen molar-refractivity contribution in [1.82, 2.24) is 35.8 Å². The molecule has 0 aliphatic carbocycles. The monoisotopic (exact) mass is 441 g/mol. The number of carbonyl (C=O) groups excluding carboxylic acids is 1. The molecule has 3 heterocycles. The smallest absolute Gasteiger partial charge is 0.270 e. The van der Waals surface area contributed by atoms with Crippen LogP contribution in [0.4, 0.5) is 4.39 Å². The minimum absolute atomic E-state index is 0.0172. The third-order valence-electron chi connectivity index (χ3n) is 4.94. The summed E-state index contributed by atoms with van der Waals surface area (Å²) in [4.78, 5) is 18.5. The van der Waals surface area contributed by atoms with Crippen molar-refractivity contribution in [3.63, 3.8) is 0 Å². The Labute approximate surface area is 184 Å². The Kier molecular flexibility index (Phi) is 6.66. The molecule has 0 spiro atoms. The highest BCUT2D eigenvalue weighted by molar-refractivity contribution is 5.93. The predicted molar refractivity (Wildman–Crippen MR) is 113 cm³/mol. The Morgan fingerprint density at radius 2 is 2.25 bits per heavy atom. The van der Waals surface area contributed by atoms with Gasteiger partial charge in [-0.15, -0.1) is 10.2 Å². The maximum atomic E-state index is 13.6. The lowest BCUT2D eigenvalue weighted by molar-refractivity contribution is 0.0133. The van der Waals surface area contributed by atoms with Crippen molar-refractivity contribution < 1.29 is 18.7 Å². The number of aryl methyl sites for hydroxylation is 1. The molecule has 32 heavy (non-hydrogen) atoms. The summed E-state index contributed by atoms with van der Waals surface area (Å²) in [6.07, 6.45) is -0.0172. The van der Waals surface area contributed by atoms with Crippen LogP contribution in [0.25, 0.3) is 11.4 Å². The van der Waals surface area contributed by atoms with Crippen molar-refractivity contribution in [2.24, 2.45) is 0 Å². The highest BCUT2D eigenvalue weighted by atomic mass is 19.1. The summed E-state index contributed by atoms with van der Waals surface area (Å²) in [5.74, 6) is -0.306. The standard InChI is InChI=1S/C21H24FN7O3/c1-13-7-15(20-26-28-29(27-20)12-16-11-23-5-6-32-16)9-18(25-13)21(30)24-10-14-3-4-17(22)19(8-14)31-2/h3-4,7-9,16,23H,5-6,10-12H2,1-2H3,(H,24,30)/t16-/m0/s1. The summed E-state index contributed by atoms with van der Waals surface area (Å²) in [5, 5.41) is 18.7. The van der Waals surface area contributed by atoms with Crippen molar-refractivity contribution in [2.45, 2.75) is 26.1 Å². The number of amides is 1. The van der Waals surface area contributed by atoms with Crippen molar-refractivity contribution in [3.05, 3.63) is 53.1 Å². The van der Waals surface area contributed by atoms with Crippen LogP contribution in [0.2, 0.25) is 0 Å². The molecular weight excluding hydrogens is 417 g/mol. The number of tetrazole rings is 1. The van der Waals surface area contributed by atoms with Crippen LogP contribution in [-0.2, 0) is 17.8 Å². The van der Waals surface area contributed by atoms with Gasteiger partial charge in [0.05, 0.1) is 26.4 Å². The SMILES string of the molecule is COc1cc(CNC(=O)c2cc(-c3nnn(C[C@@H]4CNCCO4)n3)cc(C)n2)ccc1F. The van der Waals surface area contributed by atoms with E-state index in [0.29, 0.717) is 35.8 Å². The molecule has 2 N–H and O–H groups in total. The zero-order chi connectivity index (χ0) is 22.5. The highest BCUT2D eigenvalue weighted by Gasteiger charge is 2.17. The molecule has 0 bridgehead atoms. The lowest BCUT2D eigenvalue weighted by atomic mass is 10.1. The molecule has 4 rings (SSSR count). The van der Waals surface area contributed by atoms with E-state index in [9.17, 15) is 9.18 Å². The van der Waals surface area contributed by atoms with Crippen LogP contribution in [-0.4, -0.2) is 64.0 Å². The van der Waals surface area contributed by atoms with Gasteiger partial charge in [-0.25, -0.2) is 9.37 Å². The van der Waals surface area contributed by atoms with Crippen molar-refractivity contribution in [1.29, 1.82) is 0 Å². The van der Waals surface area contributed by atoms with Gasteiger partial charge < -0.3 is 20.1 Å². The molecule has 1 aliphatic heterocycles. The van der Waals surface area contributed by atoms with Crippen molar-refractivity contribution in [2.75, 3.05) is 26.8 Å². The minimum atomic E-state index is -0.459. The van der Waals surface area contributed by atoms with Crippen LogP contribution in [0.3, 0.4) is 0 Å². The summed E-state index contributed by atoms with van der Waals surface area (Å²) in [5.41, 5.74) is 2.21. The number of nitrogens with zero attached hydrogens (tertiary/aromatic N) is 5. The van der Waals surface area contributed by atoms with Crippen LogP contribution in [0, 0.1) is 12.7 Å². The molecule has 0 saturated carbocycles. The third-order valence-corrected chi connectivity index (χ3v) is 4.94. The molecule has 2 aromatic heterocycles. The van der Waals surface area contributed by atoms with Crippen LogP contribution in [0.15, 0.2) is 30.3 Å². The number of carbonyl (C=O) groups is 1. The van der Waals surface area contributed by atoms with Crippen LogP contribution in [0.1, 0.15) is 21.7 Å². The first-order chi connectivity index (χ1) is 15.5. The van der Waals surface area contributed by atoms with Gasteiger partial charge in [0.25, 0.3) is 5.91 Å². The molecule has 1 fully saturated rings. The van der Waals surface area contributed by atoms with E-state index < -0.39 is 5.82 Å². The number of rotatable bonds is 7. The predicted octanol–water partition coefficient (Wildman–Crippen LogP) is 1.11. The molecule has 1 aromatic carbocycles. The zero-order valence-corrected chi connectivity index (χ0v) is 17.8. The van der Waals surface area contributed by atoms with E-state index in [1.807, 2.05) is 0 Å². The molecular formula is C21H24FN7O3. The lowest BCUT2D eigenvalue weighted by Crippen LogP contribution is -2.41. The summed E-state index contributed by atoms with van der Waals surface area (Å²) in [6.45, 7) is 4.69. The van der Waals surface area contributed by atoms with Gasteiger partial charge in [-0.3, -0.25) is 4.79 Å². The first-order valence-electron chi connectivity index (χ1n) is 10.2. The Balaban J connectivity index is 1.44. The quantitative estimate of drug-likeness (QED) is 0.560. The Morgan fingerprint density at radius 3 is 3.03 bits per heavy atom. The summed E-state index contributed by atoms with van der Waals surface area (Å²) in [7, 11) is 1.39. The Hall–Kier alpha value is -3.44. The minimum Gasteiger partial charge on any atom is -0.494 e. The Morgan fingerprint density at radius 1 is 1.38 bits per heavy atom. The number of pyridine rings is 1. The first kappa shape index (κ1) is 21.8. The number of halogens is 1. The molecule has 0 radical (unpaired) electrons. The summed E-state index contributed by atoms with van der Waals surface area (Å²) >= 11 is 0. The molecule has 0 unspecified atom stereocenters. The fraction of sp³-hybridized carbons (Fsp3) is 0.381. The Bertz CT molecular complexity index is 1100. The highest BCUT2D eigenvalue weighted by Crippen LogP contribution is 2.19. The molecule has 1 atom stereocenters. The fourth-order valence-corrected chi connectivity index (χ4v) is 3.36. The second-order valence-electron chi connectivity index (χ2n) is 7.40. The maximum Gasteiger partial charge on any atom is 0.270 e. The number of aromatic nitrogens is 5. The largest absolute Gasteiger partial charge is 0.494 e. The number of morpholine rings is 1. The van der Waals surface area contributed by atoms with E-state index in [2.05, 4.69) is 31.0 Å². The van der Waals surface area contributed by atoms with Gasteiger partial charge in [0.2, 0.25) is 5.82 Å². The van der Waals surface area contributed by atoms with E-state index >= 15 is 0 Å². The normalized spacial score (nSPS) is 16.0. The molecule has 11 heteroatoms. The average Bonchev–Trinajstić information content (AvgIpc) is 3.27. The molecule has 168 valence electrons. The molecule has 1 saturated heterocycles. The van der Waals surface area contributed by atoms with E-state index in [-0.39, 0.29) is 30.0 Å². The van der Waals surface area contributed by atoms with Gasteiger partial charge in [0.1, 0.15) is 5.69 Å². The van der Waals surface area contributed by atoms with Crippen molar-refractivity contribution >= 4 is 5.91 Å². The van der Waals surface area contributed by atoms with E-state index in [1.54, 1.807) is 31.2 Å². The van der Waals surface area contributed by atoms with Gasteiger partial charge in [-0.1, -0.05) is 6.07 Å². The number of methoxy groups -OCH3 is 1. The zero-order valence-electron chi connectivity index (χ0n) is 17.8. The topological polar surface area (TPSA) is 116 Å². The molecule has 1 aliphatic rings. The summed E-state index contributed by atoms with van der Waals surface area (Å²) < 4.78 is 24.2. The van der Waals surface area contributed by atoms with Gasteiger partial charge in [0, 0.05) is 30.9 Å². The van der Waals surface area contributed by atoms with E-state index in [1.165, 1.54) is 18.0 Å². The van der Waals surface area contributed by atoms with Crippen LogP contribution < -0.4 is 15.4 Å². The number of hydrogen-bond acceptors (Lipinski definition) is 8.